The highest BCUT2D eigenvalue weighted by Crippen LogP contribution is 2.67. The molecule has 0 amide bonds. The van der Waals surface area contributed by atoms with Crippen molar-refractivity contribution in [1.82, 2.24) is 0 Å². The van der Waals surface area contributed by atoms with Crippen molar-refractivity contribution >= 4 is 18.7 Å². The van der Waals surface area contributed by atoms with Crippen LogP contribution in [0.4, 0.5) is 0 Å². The van der Waals surface area contributed by atoms with E-state index in [0.717, 1.165) is 23.7 Å². The lowest BCUT2D eigenvalue weighted by molar-refractivity contribution is -0.114. The van der Waals surface area contributed by atoms with E-state index in [1.54, 1.807) is 5.57 Å². The Morgan fingerprint density at radius 1 is 0.795 bits per heavy atom. The summed E-state index contributed by atoms with van der Waals surface area (Å²) in [6.07, 6.45) is 15.2. The van der Waals surface area contributed by atoms with Gasteiger partial charge in [0, 0.05) is 6.10 Å². The zero-order valence-electron chi connectivity index (χ0n) is 25.5. The lowest BCUT2D eigenvalue weighted by atomic mass is 9.45. The number of rotatable bonds is 4. The van der Waals surface area contributed by atoms with E-state index in [2.05, 4.69) is 108 Å². The van der Waals surface area contributed by atoms with E-state index in [1.165, 1.54) is 68.2 Å². The second-order valence-electron chi connectivity index (χ2n) is 15.1. The van der Waals surface area contributed by atoms with Crippen LogP contribution in [-0.2, 0) is 4.43 Å². The molecule has 4 saturated carbocycles. The zero-order valence-corrected chi connectivity index (χ0v) is 26.5. The number of hydrogen-bond donors (Lipinski definition) is 0. The molecule has 0 saturated heterocycles. The van der Waals surface area contributed by atoms with Crippen molar-refractivity contribution in [2.75, 3.05) is 0 Å². The summed E-state index contributed by atoms with van der Waals surface area (Å²) in [5.41, 5.74) is 2.76. The quantitative estimate of drug-likeness (QED) is 0.278. The second-order valence-corrected chi connectivity index (χ2v) is 19.4. The van der Waals surface area contributed by atoms with Crippen LogP contribution in [0.2, 0.25) is 5.04 Å². The molecule has 0 radical (unpaired) electrons. The Morgan fingerprint density at radius 2 is 1.44 bits per heavy atom. The van der Waals surface area contributed by atoms with E-state index in [4.69, 9.17) is 4.43 Å². The van der Waals surface area contributed by atoms with Crippen LogP contribution >= 0.6 is 0 Å². The van der Waals surface area contributed by atoms with Gasteiger partial charge in [0.2, 0.25) is 0 Å². The van der Waals surface area contributed by atoms with Crippen molar-refractivity contribution in [3.63, 3.8) is 0 Å². The van der Waals surface area contributed by atoms with E-state index >= 15 is 0 Å². The fourth-order valence-electron chi connectivity index (χ4n) is 10.6. The highest BCUT2D eigenvalue weighted by Gasteiger charge is 2.60. The summed E-state index contributed by atoms with van der Waals surface area (Å²) in [7, 11) is -2.50. The van der Waals surface area contributed by atoms with Gasteiger partial charge in [0.25, 0.3) is 8.32 Å². The molecule has 4 aliphatic rings. The maximum Gasteiger partial charge on any atom is 0.261 e. The first-order valence-electron chi connectivity index (χ1n) is 16.1. The Hall–Kier alpha value is -1.64. The molecule has 4 aliphatic carbocycles. The molecule has 39 heavy (non-hydrogen) atoms. The summed E-state index contributed by atoms with van der Waals surface area (Å²) in [5, 5.41) is 2.90. The molecule has 6 rings (SSSR count). The van der Waals surface area contributed by atoms with Crippen LogP contribution < -0.4 is 10.4 Å². The van der Waals surface area contributed by atoms with Crippen molar-refractivity contribution in [1.29, 1.82) is 0 Å². The van der Waals surface area contributed by atoms with Gasteiger partial charge >= 0.3 is 0 Å². The minimum atomic E-state index is -2.50. The third-order valence-corrected chi connectivity index (χ3v) is 17.7. The molecule has 210 valence electrons. The number of hydrogen-bond acceptors (Lipinski definition) is 1. The predicted molar refractivity (Wildman–Crippen MR) is 168 cm³/mol. The average molecular weight is 541 g/mol. The smallest absolute Gasteiger partial charge is 0.261 e. The van der Waals surface area contributed by atoms with Crippen LogP contribution in [0.25, 0.3) is 0 Å². The minimum Gasteiger partial charge on any atom is -0.404 e. The highest BCUT2D eigenvalue weighted by atomic mass is 28.4. The first-order chi connectivity index (χ1) is 18.6. The predicted octanol–water partition coefficient (Wildman–Crippen LogP) is 8.92. The Kier molecular flexibility index (Phi) is 7.07. The van der Waals surface area contributed by atoms with Crippen LogP contribution in [0.3, 0.4) is 0 Å². The normalized spacial score (nSPS) is 37.7. The van der Waals surface area contributed by atoms with Crippen molar-refractivity contribution in [2.45, 2.75) is 110 Å². The van der Waals surface area contributed by atoms with E-state index in [1.807, 2.05) is 0 Å². The van der Waals surface area contributed by atoms with Gasteiger partial charge in [0.15, 0.2) is 0 Å². The molecule has 4 fully saturated rings. The standard InChI is InChI=1S/C37H52OSi/c1-7-27-19-21-33-32-20-18-28-26-29(22-24-37(28,6)34(32)23-25-36(27,33)5)38-39(35(2,3)4,30-14-10-8-11-15-30)31-16-12-9-13-17-31/h7-17,28-29,32-34H,18-26H2,1-6H3/b27-7-/t28-,29-,32-,33-,34-,36+,37-/m0/s1. The van der Waals surface area contributed by atoms with Crippen LogP contribution in [0.1, 0.15) is 99.3 Å². The summed E-state index contributed by atoms with van der Waals surface area (Å²) in [4.78, 5) is 0. The lowest BCUT2D eigenvalue weighted by Crippen LogP contribution is -2.68. The summed E-state index contributed by atoms with van der Waals surface area (Å²) >= 11 is 0. The summed E-state index contributed by atoms with van der Waals surface area (Å²) in [6.45, 7) is 14.9. The van der Waals surface area contributed by atoms with Crippen LogP contribution in [0.5, 0.6) is 0 Å². The lowest BCUT2D eigenvalue weighted by Gasteiger charge is -2.61. The maximum absolute atomic E-state index is 7.69. The SMILES string of the molecule is C/C=C1/CC[C@H]2[C@@H]3CC[C@H]4C[C@@H](O[Si](c5ccccc5)(c5ccccc5)C(C)(C)C)CC[C@]4(C)[C@H]3CC[C@]12C. The molecule has 7 atom stereocenters. The van der Waals surface area contributed by atoms with E-state index in [-0.39, 0.29) is 5.04 Å². The van der Waals surface area contributed by atoms with Crippen molar-refractivity contribution in [3.8, 4) is 0 Å². The Morgan fingerprint density at radius 3 is 2.03 bits per heavy atom. The van der Waals surface area contributed by atoms with Gasteiger partial charge in [-0.15, -0.1) is 0 Å². The van der Waals surface area contributed by atoms with Gasteiger partial charge in [-0.3, -0.25) is 0 Å². The molecule has 0 heterocycles. The van der Waals surface area contributed by atoms with Gasteiger partial charge in [0.05, 0.1) is 0 Å². The molecule has 2 heteroatoms. The van der Waals surface area contributed by atoms with E-state index in [9.17, 15) is 0 Å². The maximum atomic E-state index is 7.69. The minimum absolute atomic E-state index is 0.0505. The molecule has 1 nitrogen and oxygen atoms in total. The van der Waals surface area contributed by atoms with Gasteiger partial charge in [0.1, 0.15) is 0 Å². The Bertz CT molecular complexity index is 1140. The van der Waals surface area contributed by atoms with Crippen molar-refractivity contribution in [2.24, 2.45) is 34.5 Å². The Balaban J connectivity index is 1.28. The topological polar surface area (TPSA) is 9.23 Å². The molecule has 0 aromatic heterocycles. The fourth-order valence-corrected chi connectivity index (χ4v) is 15.3. The highest BCUT2D eigenvalue weighted by molar-refractivity contribution is 6.99. The molecular weight excluding hydrogens is 488 g/mol. The molecule has 0 unspecified atom stereocenters. The first kappa shape index (κ1) is 27.5. The first-order valence-corrected chi connectivity index (χ1v) is 18.0. The molecule has 0 spiro atoms. The Labute approximate surface area is 240 Å². The van der Waals surface area contributed by atoms with Crippen LogP contribution in [0, 0.1) is 34.5 Å². The molecular formula is C37H52OSi. The molecule has 0 N–H and O–H groups in total. The molecule has 2 aromatic carbocycles. The third-order valence-electron chi connectivity index (χ3n) is 12.6. The molecule has 0 bridgehead atoms. The number of allylic oxidation sites excluding steroid dienone is 2. The monoisotopic (exact) mass is 540 g/mol. The van der Waals surface area contributed by atoms with Crippen molar-refractivity contribution in [3.05, 3.63) is 72.3 Å². The second kappa shape index (κ2) is 10.0. The van der Waals surface area contributed by atoms with Gasteiger partial charge in [-0.2, -0.15) is 0 Å². The zero-order chi connectivity index (χ0) is 27.5. The summed E-state index contributed by atoms with van der Waals surface area (Å²) in [5.74, 6) is 3.59. The summed E-state index contributed by atoms with van der Waals surface area (Å²) in [6, 6.07) is 22.6. The van der Waals surface area contributed by atoms with Crippen molar-refractivity contribution < 1.29 is 4.43 Å². The third kappa shape index (κ3) is 4.26. The van der Waals surface area contributed by atoms with Gasteiger partial charge in [-0.05, 0) is 115 Å². The molecule has 2 aromatic rings. The van der Waals surface area contributed by atoms with Gasteiger partial charge in [-0.1, -0.05) is 107 Å². The van der Waals surface area contributed by atoms with Crippen LogP contribution in [0.15, 0.2) is 72.3 Å². The fraction of sp³-hybridized carbons (Fsp3) is 0.622. The number of fused-ring (bicyclic) bond motifs is 5. The average Bonchev–Trinajstić information content (AvgIpc) is 3.28. The van der Waals surface area contributed by atoms with E-state index < -0.39 is 8.32 Å². The number of benzene rings is 2. The molecule has 0 aliphatic heterocycles. The van der Waals surface area contributed by atoms with Gasteiger partial charge in [-0.25, -0.2) is 0 Å². The largest absolute Gasteiger partial charge is 0.404 e. The van der Waals surface area contributed by atoms with E-state index in [0.29, 0.717) is 16.9 Å². The van der Waals surface area contributed by atoms with Gasteiger partial charge < -0.3 is 4.43 Å². The summed E-state index contributed by atoms with van der Waals surface area (Å²) < 4.78 is 7.69. The van der Waals surface area contributed by atoms with Crippen LogP contribution in [-0.4, -0.2) is 14.4 Å².